The fourth-order valence-electron chi connectivity index (χ4n) is 3.09. The van der Waals surface area contributed by atoms with E-state index < -0.39 is 5.82 Å². The molecule has 142 valence electrons. The minimum atomic E-state index is -0.465. The molecule has 0 aliphatic heterocycles. The van der Waals surface area contributed by atoms with E-state index in [0.717, 1.165) is 0 Å². The summed E-state index contributed by atoms with van der Waals surface area (Å²) >= 11 is 6.20. The summed E-state index contributed by atoms with van der Waals surface area (Å²) in [6.07, 6.45) is 1.63. The molecule has 3 aromatic heterocycles. The molecule has 7 nitrogen and oxygen atoms in total. The van der Waals surface area contributed by atoms with Crippen molar-refractivity contribution in [3.05, 3.63) is 47.1 Å². The molecular formula is C19H17ClFN7. The number of halogens is 2. The smallest absolute Gasteiger partial charge is 0.143 e. The Balaban J connectivity index is 2.00. The van der Waals surface area contributed by atoms with Gasteiger partial charge >= 0.3 is 0 Å². The molecule has 9 heteroatoms. The predicted molar refractivity (Wildman–Crippen MR) is 109 cm³/mol. The third-order valence-corrected chi connectivity index (χ3v) is 4.61. The van der Waals surface area contributed by atoms with Gasteiger partial charge in [-0.15, -0.1) is 0 Å². The van der Waals surface area contributed by atoms with E-state index in [-0.39, 0.29) is 10.6 Å². The van der Waals surface area contributed by atoms with Crippen LogP contribution in [0.15, 0.2) is 30.5 Å². The number of aromatic amines is 1. The summed E-state index contributed by atoms with van der Waals surface area (Å²) in [5.74, 6) is 1.32. The summed E-state index contributed by atoms with van der Waals surface area (Å²) in [6, 6.07) is 6.25. The van der Waals surface area contributed by atoms with Crippen molar-refractivity contribution < 1.29 is 4.39 Å². The van der Waals surface area contributed by atoms with Gasteiger partial charge in [-0.2, -0.15) is 0 Å². The van der Waals surface area contributed by atoms with E-state index >= 15 is 0 Å². The first-order valence-corrected chi connectivity index (χ1v) is 8.85. The highest BCUT2D eigenvalue weighted by atomic mass is 35.5. The van der Waals surface area contributed by atoms with Crippen LogP contribution in [-0.2, 0) is 0 Å². The van der Waals surface area contributed by atoms with Gasteiger partial charge < -0.3 is 15.6 Å². The number of nitrogens with zero attached hydrogens (tertiary/aromatic N) is 5. The summed E-state index contributed by atoms with van der Waals surface area (Å²) < 4.78 is 14.4. The van der Waals surface area contributed by atoms with Gasteiger partial charge in [0, 0.05) is 20.3 Å². The molecule has 0 saturated heterocycles. The highest BCUT2D eigenvalue weighted by molar-refractivity contribution is 6.33. The number of nitrogens with one attached hydrogen (secondary N) is 1. The number of hydrogen-bond donors (Lipinski definition) is 2. The van der Waals surface area contributed by atoms with Gasteiger partial charge in [0.25, 0.3) is 0 Å². The fourth-order valence-corrected chi connectivity index (χ4v) is 3.34. The summed E-state index contributed by atoms with van der Waals surface area (Å²) in [6.45, 7) is 1.77. The Morgan fingerprint density at radius 3 is 2.61 bits per heavy atom. The molecule has 4 rings (SSSR count). The van der Waals surface area contributed by atoms with Gasteiger partial charge in [0.15, 0.2) is 0 Å². The number of nitrogen functional groups attached to an aromatic ring is 1. The summed E-state index contributed by atoms with van der Waals surface area (Å²) in [4.78, 5) is 22.7. The molecule has 0 fully saturated rings. The molecule has 0 saturated carbocycles. The van der Waals surface area contributed by atoms with Crippen LogP contribution in [0.4, 0.5) is 16.0 Å². The Morgan fingerprint density at radius 1 is 1.11 bits per heavy atom. The Kier molecular flexibility index (Phi) is 4.35. The molecular weight excluding hydrogens is 381 g/mol. The van der Waals surface area contributed by atoms with Crippen LogP contribution < -0.4 is 10.6 Å². The predicted octanol–water partition coefficient (Wildman–Crippen LogP) is 3.83. The molecule has 1 aromatic carbocycles. The maximum absolute atomic E-state index is 14.4. The first-order valence-electron chi connectivity index (χ1n) is 8.47. The number of anilines is 2. The zero-order chi connectivity index (χ0) is 20.0. The Labute approximate surface area is 165 Å². The summed E-state index contributed by atoms with van der Waals surface area (Å²) in [5.41, 5.74) is 8.69. The number of fused-ring (bicyclic) bond motifs is 1. The van der Waals surface area contributed by atoms with E-state index in [1.165, 1.54) is 6.07 Å². The number of aromatic nitrogens is 5. The molecule has 3 N–H and O–H groups in total. The average Bonchev–Trinajstić information content (AvgIpc) is 3.05. The van der Waals surface area contributed by atoms with Crippen LogP contribution >= 0.6 is 11.6 Å². The second-order valence-corrected chi connectivity index (χ2v) is 6.89. The molecule has 0 aliphatic rings. The standard InChI is InChI=1S/C19H17ClFN7/c1-9-24-17(22)14(19(25-9)28(2)3)16-15-12(7-8-23-16)26-18(27-15)13-10(20)5-4-6-11(13)21/h4-8H,1-3H3,(H,26,27)(H2,22,24,25). The van der Waals surface area contributed by atoms with E-state index in [0.29, 0.717) is 45.6 Å². The van der Waals surface area contributed by atoms with Crippen molar-refractivity contribution in [3.63, 3.8) is 0 Å². The van der Waals surface area contributed by atoms with Crippen LogP contribution in [0.3, 0.4) is 0 Å². The first kappa shape index (κ1) is 18.1. The quantitative estimate of drug-likeness (QED) is 0.545. The second kappa shape index (κ2) is 6.72. The lowest BCUT2D eigenvalue weighted by Crippen LogP contribution is -2.15. The number of nitrogens with two attached hydrogens (primary N) is 1. The number of benzene rings is 1. The van der Waals surface area contributed by atoms with Gasteiger partial charge in [-0.3, -0.25) is 4.98 Å². The zero-order valence-electron chi connectivity index (χ0n) is 15.5. The van der Waals surface area contributed by atoms with Gasteiger partial charge in [-0.25, -0.2) is 19.3 Å². The van der Waals surface area contributed by atoms with Crippen LogP contribution in [0.1, 0.15) is 5.82 Å². The molecule has 0 spiro atoms. The molecule has 4 aromatic rings. The highest BCUT2D eigenvalue weighted by Gasteiger charge is 2.22. The lowest BCUT2D eigenvalue weighted by atomic mass is 10.1. The normalized spacial score (nSPS) is 11.2. The molecule has 0 bridgehead atoms. The van der Waals surface area contributed by atoms with Crippen molar-refractivity contribution in [2.75, 3.05) is 24.7 Å². The third kappa shape index (κ3) is 2.91. The Morgan fingerprint density at radius 2 is 1.89 bits per heavy atom. The average molecular weight is 398 g/mol. The Hall–Kier alpha value is -3.26. The van der Waals surface area contributed by atoms with Crippen molar-refractivity contribution in [2.45, 2.75) is 6.92 Å². The molecule has 0 radical (unpaired) electrons. The van der Waals surface area contributed by atoms with Crippen LogP contribution in [0.2, 0.25) is 5.02 Å². The van der Waals surface area contributed by atoms with Gasteiger partial charge in [-0.1, -0.05) is 17.7 Å². The van der Waals surface area contributed by atoms with Crippen molar-refractivity contribution in [1.29, 1.82) is 0 Å². The SMILES string of the molecule is Cc1nc(N)c(-c2nccc3[nH]c(-c4c(F)cccc4Cl)nc23)c(N(C)C)n1. The van der Waals surface area contributed by atoms with E-state index in [1.807, 2.05) is 19.0 Å². The zero-order valence-corrected chi connectivity index (χ0v) is 16.2. The molecule has 0 amide bonds. The molecule has 0 aliphatic carbocycles. The van der Waals surface area contributed by atoms with Crippen molar-refractivity contribution in [1.82, 2.24) is 24.9 Å². The van der Waals surface area contributed by atoms with Crippen molar-refractivity contribution in [2.24, 2.45) is 0 Å². The van der Waals surface area contributed by atoms with Crippen LogP contribution in [0.5, 0.6) is 0 Å². The number of hydrogen-bond acceptors (Lipinski definition) is 6. The largest absolute Gasteiger partial charge is 0.383 e. The molecule has 0 atom stereocenters. The molecule has 0 unspecified atom stereocenters. The summed E-state index contributed by atoms with van der Waals surface area (Å²) in [7, 11) is 3.72. The van der Waals surface area contributed by atoms with Crippen molar-refractivity contribution >= 4 is 34.3 Å². The lowest BCUT2D eigenvalue weighted by Gasteiger charge is -2.17. The lowest BCUT2D eigenvalue weighted by molar-refractivity contribution is 0.630. The topological polar surface area (TPSA) is 96.6 Å². The molecule has 28 heavy (non-hydrogen) atoms. The maximum atomic E-state index is 14.4. The number of H-pyrrole nitrogens is 1. The number of imidazole rings is 1. The van der Waals surface area contributed by atoms with Gasteiger partial charge in [0.1, 0.15) is 40.3 Å². The second-order valence-electron chi connectivity index (χ2n) is 6.49. The number of pyridine rings is 1. The minimum Gasteiger partial charge on any atom is -0.383 e. The third-order valence-electron chi connectivity index (χ3n) is 4.29. The van der Waals surface area contributed by atoms with Crippen LogP contribution in [0, 0.1) is 12.7 Å². The van der Waals surface area contributed by atoms with Gasteiger partial charge in [0.2, 0.25) is 0 Å². The highest BCUT2D eigenvalue weighted by Crippen LogP contribution is 2.37. The van der Waals surface area contributed by atoms with Gasteiger partial charge in [-0.05, 0) is 25.1 Å². The van der Waals surface area contributed by atoms with E-state index in [4.69, 9.17) is 17.3 Å². The van der Waals surface area contributed by atoms with E-state index in [1.54, 1.807) is 31.3 Å². The Bertz CT molecular complexity index is 1180. The van der Waals surface area contributed by atoms with Crippen molar-refractivity contribution in [3.8, 4) is 22.6 Å². The monoisotopic (exact) mass is 397 g/mol. The van der Waals surface area contributed by atoms with E-state index in [9.17, 15) is 4.39 Å². The number of rotatable bonds is 3. The maximum Gasteiger partial charge on any atom is 0.143 e. The first-order chi connectivity index (χ1) is 13.4. The molecule has 3 heterocycles. The van der Waals surface area contributed by atoms with Crippen LogP contribution in [0.25, 0.3) is 33.7 Å². The van der Waals surface area contributed by atoms with Crippen LogP contribution in [-0.4, -0.2) is 39.0 Å². The van der Waals surface area contributed by atoms with E-state index in [2.05, 4.69) is 24.9 Å². The number of aryl methyl sites for hydroxylation is 1. The summed E-state index contributed by atoms with van der Waals surface area (Å²) in [5, 5.41) is 0.265. The van der Waals surface area contributed by atoms with Gasteiger partial charge in [0.05, 0.1) is 21.7 Å². The fraction of sp³-hybridized carbons (Fsp3) is 0.158. The minimum absolute atomic E-state index is 0.201.